The van der Waals surface area contributed by atoms with Crippen molar-refractivity contribution in [3.63, 3.8) is 0 Å². The highest BCUT2D eigenvalue weighted by Crippen LogP contribution is 2.03. The van der Waals surface area contributed by atoms with Crippen molar-refractivity contribution in [3.05, 3.63) is 12.4 Å². The fourth-order valence-corrected chi connectivity index (χ4v) is 0.504. The van der Waals surface area contributed by atoms with Crippen molar-refractivity contribution in [1.82, 2.24) is 9.78 Å². The number of rotatable bonds is 1. The SMILES string of the molecule is CC.COc1cnn(C)c1. The van der Waals surface area contributed by atoms with Crippen LogP contribution in [0.5, 0.6) is 5.75 Å². The predicted molar refractivity (Wildman–Crippen MR) is 41.1 cm³/mol. The Balaban J connectivity index is 0.000000371. The third-order valence-corrected chi connectivity index (χ3v) is 0.917. The van der Waals surface area contributed by atoms with E-state index in [4.69, 9.17) is 4.74 Å². The molecule has 0 amide bonds. The average molecular weight is 142 g/mol. The quantitative estimate of drug-likeness (QED) is 0.593. The lowest BCUT2D eigenvalue weighted by Gasteiger charge is -1.86. The Hall–Kier alpha value is -0.990. The molecule has 0 aliphatic heterocycles. The molecule has 0 aliphatic carbocycles. The van der Waals surface area contributed by atoms with Gasteiger partial charge in [0.2, 0.25) is 0 Å². The van der Waals surface area contributed by atoms with Crippen LogP contribution in [0.3, 0.4) is 0 Å². The molecule has 1 heterocycles. The number of hydrogen-bond donors (Lipinski definition) is 0. The summed E-state index contributed by atoms with van der Waals surface area (Å²) < 4.78 is 6.54. The molecule has 0 saturated carbocycles. The third-order valence-electron chi connectivity index (χ3n) is 0.917. The van der Waals surface area contributed by atoms with Crippen molar-refractivity contribution >= 4 is 0 Å². The number of methoxy groups -OCH3 is 1. The summed E-state index contributed by atoms with van der Waals surface area (Å²) in [5.41, 5.74) is 0. The molecule has 0 aliphatic rings. The largest absolute Gasteiger partial charge is 0.493 e. The van der Waals surface area contributed by atoms with E-state index < -0.39 is 0 Å². The average Bonchev–Trinajstić information content (AvgIpc) is 2.40. The highest BCUT2D eigenvalue weighted by atomic mass is 16.5. The molecule has 3 nitrogen and oxygen atoms in total. The lowest BCUT2D eigenvalue weighted by Crippen LogP contribution is -1.84. The number of aromatic nitrogens is 2. The maximum absolute atomic E-state index is 4.85. The molecule has 3 heteroatoms. The van der Waals surface area contributed by atoms with Gasteiger partial charge in [0.15, 0.2) is 5.75 Å². The second-order valence-corrected chi connectivity index (χ2v) is 1.55. The molecule has 0 unspecified atom stereocenters. The van der Waals surface area contributed by atoms with Crippen LogP contribution in [0, 0.1) is 0 Å². The van der Waals surface area contributed by atoms with Crippen LogP contribution in [-0.2, 0) is 7.05 Å². The van der Waals surface area contributed by atoms with E-state index in [0.717, 1.165) is 5.75 Å². The van der Waals surface area contributed by atoms with Gasteiger partial charge in [0.1, 0.15) is 0 Å². The Bertz CT molecular complexity index is 172. The second-order valence-electron chi connectivity index (χ2n) is 1.55. The van der Waals surface area contributed by atoms with Crippen molar-refractivity contribution in [2.24, 2.45) is 7.05 Å². The van der Waals surface area contributed by atoms with E-state index >= 15 is 0 Å². The molecular formula is C7H14N2O. The lowest BCUT2D eigenvalue weighted by atomic mass is 10.7. The first-order valence-corrected chi connectivity index (χ1v) is 3.35. The fraction of sp³-hybridized carbons (Fsp3) is 0.571. The molecule has 58 valence electrons. The molecule has 0 atom stereocenters. The van der Waals surface area contributed by atoms with Crippen molar-refractivity contribution in [2.75, 3.05) is 7.11 Å². The number of nitrogens with zero attached hydrogens (tertiary/aromatic N) is 2. The standard InChI is InChI=1S/C5H8N2O.C2H6/c1-7-4-5(8-2)3-6-7;1-2/h3-4H,1-2H3;1-2H3. The highest BCUT2D eigenvalue weighted by Gasteiger charge is 1.88. The lowest BCUT2D eigenvalue weighted by molar-refractivity contribution is 0.414. The molecule has 1 aromatic heterocycles. The van der Waals surface area contributed by atoms with Gasteiger partial charge in [-0.1, -0.05) is 13.8 Å². The van der Waals surface area contributed by atoms with Gasteiger partial charge in [-0.25, -0.2) is 0 Å². The van der Waals surface area contributed by atoms with Gasteiger partial charge in [-0.3, -0.25) is 4.68 Å². The Kier molecular flexibility index (Phi) is 4.37. The summed E-state index contributed by atoms with van der Waals surface area (Å²) in [6.45, 7) is 4.00. The second kappa shape index (κ2) is 4.85. The molecule has 0 aromatic carbocycles. The Labute approximate surface area is 61.6 Å². The maximum Gasteiger partial charge on any atom is 0.156 e. The van der Waals surface area contributed by atoms with Crippen LogP contribution in [0.15, 0.2) is 12.4 Å². The van der Waals surface area contributed by atoms with Crippen LogP contribution in [0.1, 0.15) is 13.8 Å². The van der Waals surface area contributed by atoms with Crippen molar-refractivity contribution in [2.45, 2.75) is 13.8 Å². The summed E-state index contributed by atoms with van der Waals surface area (Å²) in [5.74, 6) is 0.799. The molecule has 10 heavy (non-hydrogen) atoms. The zero-order valence-electron chi connectivity index (χ0n) is 6.96. The minimum Gasteiger partial charge on any atom is -0.493 e. The summed E-state index contributed by atoms with van der Waals surface area (Å²) in [5, 5.41) is 3.88. The van der Waals surface area contributed by atoms with Crippen LogP contribution in [-0.4, -0.2) is 16.9 Å². The molecule has 0 saturated heterocycles. The van der Waals surface area contributed by atoms with Crippen LogP contribution >= 0.6 is 0 Å². The summed E-state index contributed by atoms with van der Waals surface area (Å²) >= 11 is 0. The molecule has 0 spiro atoms. The van der Waals surface area contributed by atoms with E-state index in [0.29, 0.717) is 0 Å². The van der Waals surface area contributed by atoms with Gasteiger partial charge in [0, 0.05) is 7.05 Å². The van der Waals surface area contributed by atoms with Gasteiger partial charge < -0.3 is 4.74 Å². The molecule has 0 N–H and O–H groups in total. The van der Waals surface area contributed by atoms with E-state index in [2.05, 4.69) is 5.10 Å². The van der Waals surface area contributed by atoms with E-state index in [1.165, 1.54) is 0 Å². The zero-order chi connectivity index (χ0) is 7.98. The van der Waals surface area contributed by atoms with Crippen molar-refractivity contribution in [3.8, 4) is 5.75 Å². The molecular weight excluding hydrogens is 128 g/mol. The topological polar surface area (TPSA) is 27.1 Å². The first kappa shape index (κ1) is 9.01. The molecule has 0 radical (unpaired) electrons. The number of ether oxygens (including phenoxy) is 1. The van der Waals surface area contributed by atoms with Crippen molar-refractivity contribution in [1.29, 1.82) is 0 Å². The van der Waals surface area contributed by atoms with Gasteiger partial charge >= 0.3 is 0 Å². The Morgan fingerprint density at radius 2 is 2.10 bits per heavy atom. The minimum absolute atomic E-state index is 0.799. The summed E-state index contributed by atoms with van der Waals surface area (Å²) in [6.07, 6.45) is 3.47. The van der Waals surface area contributed by atoms with Crippen molar-refractivity contribution < 1.29 is 4.74 Å². The van der Waals surface area contributed by atoms with Gasteiger partial charge in [0.25, 0.3) is 0 Å². The summed E-state index contributed by atoms with van der Waals surface area (Å²) in [7, 11) is 3.47. The van der Waals surface area contributed by atoms with Gasteiger partial charge in [-0.2, -0.15) is 5.10 Å². The van der Waals surface area contributed by atoms with E-state index in [-0.39, 0.29) is 0 Å². The highest BCUT2D eigenvalue weighted by molar-refractivity contribution is 5.10. The van der Waals surface area contributed by atoms with Crippen LogP contribution < -0.4 is 4.74 Å². The molecule has 1 rings (SSSR count). The minimum atomic E-state index is 0.799. The van der Waals surface area contributed by atoms with E-state index in [1.807, 2.05) is 20.9 Å². The van der Waals surface area contributed by atoms with E-state index in [1.54, 1.807) is 24.2 Å². The normalized spacial score (nSPS) is 8.00. The first-order chi connectivity index (χ1) is 4.83. The maximum atomic E-state index is 4.85. The van der Waals surface area contributed by atoms with Gasteiger partial charge in [0.05, 0.1) is 19.5 Å². The van der Waals surface area contributed by atoms with E-state index in [9.17, 15) is 0 Å². The predicted octanol–water partition coefficient (Wildman–Crippen LogP) is 1.45. The molecule has 1 aromatic rings. The van der Waals surface area contributed by atoms with Crippen LogP contribution in [0.2, 0.25) is 0 Å². The van der Waals surface area contributed by atoms with Gasteiger partial charge in [-0.05, 0) is 0 Å². The third kappa shape index (κ3) is 2.53. The zero-order valence-corrected chi connectivity index (χ0v) is 6.96. The van der Waals surface area contributed by atoms with Crippen LogP contribution in [0.25, 0.3) is 0 Å². The Morgan fingerprint density at radius 3 is 2.30 bits per heavy atom. The number of aryl methyl sites for hydroxylation is 1. The Morgan fingerprint density at radius 1 is 1.50 bits per heavy atom. The molecule has 0 bridgehead atoms. The summed E-state index contributed by atoms with van der Waals surface area (Å²) in [6, 6.07) is 0. The summed E-state index contributed by atoms with van der Waals surface area (Å²) in [4.78, 5) is 0. The number of hydrogen-bond acceptors (Lipinski definition) is 2. The van der Waals surface area contributed by atoms with Crippen LogP contribution in [0.4, 0.5) is 0 Å². The smallest absolute Gasteiger partial charge is 0.156 e. The monoisotopic (exact) mass is 142 g/mol. The fourth-order valence-electron chi connectivity index (χ4n) is 0.504. The van der Waals surface area contributed by atoms with Gasteiger partial charge in [-0.15, -0.1) is 0 Å². The molecule has 0 fully saturated rings. The first-order valence-electron chi connectivity index (χ1n) is 3.35.